The number of benzene rings is 1. The van der Waals surface area contributed by atoms with Gasteiger partial charge >= 0.3 is 0 Å². The summed E-state index contributed by atoms with van der Waals surface area (Å²) < 4.78 is 5.35. The van der Waals surface area contributed by atoms with E-state index >= 15 is 0 Å². The Morgan fingerprint density at radius 2 is 2.15 bits per heavy atom. The van der Waals surface area contributed by atoms with E-state index in [0.29, 0.717) is 12.3 Å². The lowest BCUT2D eigenvalue weighted by Gasteiger charge is -2.09. The molecule has 1 aromatic rings. The average molecular weight is 181 g/mol. The molecule has 0 aromatic heterocycles. The van der Waals surface area contributed by atoms with Crippen molar-refractivity contribution in [2.75, 3.05) is 5.73 Å². The van der Waals surface area contributed by atoms with Crippen molar-refractivity contribution in [2.24, 2.45) is 0 Å². The summed E-state index contributed by atoms with van der Waals surface area (Å²) in [5, 5.41) is 9.41. The van der Waals surface area contributed by atoms with Crippen molar-refractivity contribution in [3.8, 4) is 5.75 Å². The van der Waals surface area contributed by atoms with Crippen molar-refractivity contribution in [1.82, 2.24) is 0 Å². The molecule has 0 bridgehead atoms. The normalized spacial score (nSPS) is 10.7. The number of nitrogens with two attached hydrogens (primary N) is 1. The summed E-state index contributed by atoms with van der Waals surface area (Å²) in [4.78, 5) is 0. The molecule has 72 valence electrons. The van der Waals surface area contributed by atoms with Gasteiger partial charge in [-0.1, -0.05) is 0 Å². The van der Waals surface area contributed by atoms with Gasteiger partial charge in [0.15, 0.2) is 0 Å². The fourth-order valence-electron chi connectivity index (χ4n) is 0.977. The summed E-state index contributed by atoms with van der Waals surface area (Å²) >= 11 is 0. The average Bonchev–Trinajstić information content (AvgIpc) is 2.06. The van der Waals surface area contributed by atoms with Crippen LogP contribution in [0.2, 0.25) is 0 Å². The minimum absolute atomic E-state index is 0.154. The molecule has 0 aliphatic heterocycles. The summed E-state index contributed by atoms with van der Waals surface area (Å²) in [6.07, 6.45) is 0.154. The largest absolute Gasteiger partial charge is 0.508 e. The molecule has 0 unspecified atom stereocenters. The van der Waals surface area contributed by atoms with E-state index in [9.17, 15) is 5.11 Å². The van der Waals surface area contributed by atoms with E-state index in [4.69, 9.17) is 10.5 Å². The van der Waals surface area contributed by atoms with Crippen LogP contribution in [0, 0.1) is 0 Å². The van der Waals surface area contributed by atoms with Gasteiger partial charge in [0.05, 0.1) is 12.7 Å². The molecule has 1 aromatic carbocycles. The third-order valence-electron chi connectivity index (χ3n) is 1.68. The number of aromatic hydroxyl groups is 1. The molecule has 13 heavy (non-hydrogen) atoms. The minimum Gasteiger partial charge on any atom is -0.508 e. The maximum Gasteiger partial charge on any atom is 0.121 e. The van der Waals surface area contributed by atoms with E-state index in [1.807, 2.05) is 13.8 Å². The zero-order valence-corrected chi connectivity index (χ0v) is 7.95. The molecule has 0 fully saturated rings. The Balaban J connectivity index is 2.70. The molecule has 3 N–H and O–H groups in total. The number of hydrogen-bond acceptors (Lipinski definition) is 3. The Kier molecular flexibility index (Phi) is 3.14. The molecule has 0 aliphatic rings. The maximum absolute atomic E-state index is 9.41. The van der Waals surface area contributed by atoms with E-state index in [1.54, 1.807) is 18.2 Å². The minimum atomic E-state index is 0.154. The molecule has 0 saturated carbocycles. The number of anilines is 1. The second kappa shape index (κ2) is 4.14. The van der Waals surface area contributed by atoms with Crippen LogP contribution in [0.15, 0.2) is 18.2 Å². The van der Waals surface area contributed by atoms with E-state index < -0.39 is 0 Å². The number of rotatable bonds is 3. The van der Waals surface area contributed by atoms with Crippen LogP contribution in [0.5, 0.6) is 5.75 Å². The van der Waals surface area contributed by atoms with Crippen LogP contribution < -0.4 is 5.73 Å². The predicted molar refractivity (Wildman–Crippen MR) is 52.4 cm³/mol. The topological polar surface area (TPSA) is 55.5 Å². The lowest BCUT2D eigenvalue weighted by molar-refractivity contribution is 0.0645. The number of ether oxygens (including phenoxy) is 1. The van der Waals surface area contributed by atoms with E-state index in [-0.39, 0.29) is 11.9 Å². The van der Waals surface area contributed by atoms with Crippen molar-refractivity contribution in [3.63, 3.8) is 0 Å². The van der Waals surface area contributed by atoms with Crippen LogP contribution >= 0.6 is 0 Å². The Morgan fingerprint density at radius 1 is 1.46 bits per heavy atom. The highest BCUT2D eigenvalue weighted by molar-refractivity contribution is 5.46. The summed E-state index contributed by atoms with van der Waals surface area (Å²) in [5.41, 5.74) is 6.94. The Hall–Kier alpha value is -1.22. The van der Waals surface area contributed by atoms with Gasteiger partial charge in [-0.05, 0) is 32.0 Å². The van der Waals surface area contributed by atoms with Crippen molar-refractivity contribution in [2.45, 2.75) is 26.6 Å². The van der Waals surface area contributed by atoms with E-state index in [1.165, 1.54) is 0 Å². The summed E-state index contributed by atoms with van der Waals surface area (Å²) in [7, 11) is 0. The fraction of sp³-hybridized carbons (Fsp3) is 0.400. The first kappa shape index (κ1) is 9.86. The molecule has 0 aliphatic carbocycles. The molecule has 0 heterocycles. The predicted octanol–water partition coefficient (Wildman–Crippen LogP) is 1.90. The Morgan fingerprint density at radius 3 is 2.77 bits per heavy atom. The molecule has 3 nitrogen and oxygen atoms in total. The molecule has 0 atom stereocenters. The van der Waals surface area contributed by atoms with Crippen LogP contribution in [0.4, 0.5) is 5.69 Å². The van der Waals surface area contributed by atoms with Gasteiger partial charge in [-0.3, -0.25) is 0 Å². The van der Waals surface area contributed by atoms with Gasteiger partial charge in [0.2, 0.25) is 0 Å². The fourth-order valence-corrected chi connectivity index (χ4v) is 0.977. The third-order valence-corrected chi connectivity index (χ3v) is 1.68. The maximum atomic E-state index is 9.41. The van der Waals surface area contributed by atoms with E-state index in [0.717, 1.165) is 5.56 Å². The van der Waals surface area contributed by atoms with Gasteiger partial charge < -0.3 is 15.6 Å². The van der Waals surface area contributed by atoms with Gasteiger partial charge in [-0.2, -0.15) is 0 Å². The zero-order chi connectivity index (χ0) is 9.84. The summed E-state index contributed by atoms with van der Waals surface area (Å²) in [6, 6.07) is 4.96. The van der Waals surface area contributed by atoms with Crippen LogP contribution in [0.3, 0.4) is 0 Å². The van der Waals surface area contributed by atoms with Crippen molar-refractivity contribution in [3.05, 3.63) is 23.8 Å². The van der Waals surface area contributed by atoms with Gasteiger partial charge in [-0.15, -0.1) is 0 Å². The lowest BCUT2D eigenvalue weighted by atomic mass is 10.2. The molecule has 3 heteroatoms. The lowest BCUT2D eigenvalue weighted by Crippen LogP contribution is -2.02. The number of nitrogen functional groups attached to an aromatic ring is 1. The van der Waals surface area contributed by atoms with Gasteiger partial charge in [0, 0.05) is 11.3 Å². The van der Waals surface area contributed by atoms with Crippen molar-refractivity contribution < 1.29 is 9.84 Å². The molecule has 1 rings (SSSR count). The molecule has 0 radical (unpaired) electrons. The quantitative estimate of drug-likeness (QED) is 0.553. The Bertz CT molecular complexity index is 284. The SMILES string of the molecule is CC(C)OCc1cc(N)ccc1O. The molecule has 0 saturated heterocycles. The van der Waals surface area contributed by atoms with Crippen LogP contribution in [0.1, 0.15) is 19.4 Å². The smallest absolute Gasteiger partial charge is 0.121 e. The zero-order valence-electron chi connectivity index (χ0n) is 7.95. The first-order valence-corrected chi connectivity index (χ1v) is 4.28. The first-order chi connectivity index (χ1) is 6.09. The second-order valence-electron chi connectivity index (χ2n) is 3.25. The highest BCUT2D eigenvalue weighted by atomic mass is 16.5. The number of phenols is 1. The number of hydrogen-bond donors (Lipinski definition) is 2. The highest BCUT2D eigenvalue weighted by Gasteiger charge is 2.02. The summed E-state index contributed by atoms with van der Waals surface area (Å²) in [6.45, 7) is 4.29. The van der Waals surface area contributed by atoms with Crippen LogP contribution in [-0.2, 0) is 11.3 Å². The third kappa shape index (κ3) is 2.95. The van der Waals surface area contributed by atoms with Gasteiger partial charge in [0.25, 0.3) is 0 Å². The first-order valence-electron chi connectivity index (χ1n) is 4.28. The van der Waals surface area contributed by atoms with Crippen LogP contribution in [0.25, 0.3) is 0 Å². The van der Waals surface area contributed by atoms with Crippen molar-refractivity contribution in [1.29, 1.82) is 0 Å². The Labute approximate surface area is 78.1 Å². The van der Waals surface area contributed by atoms with Crippen molar-refractivity contribution >= 4 is 5.69 Å². The standard InChI is InChI=1S/C10H15NO2/c1-7(2)13-6-8-5-9(11)3-4-10(8)12/h3-5,7,12H,6,11H2,1-2H3. The second-order valence-corrected chi connectivity index (χ2v) is 3.25. The van der Waals surface area contributed by atoms with Gasteiger partial charge in [-0.25, -0.2) is 0 Å². The monoisotopic (exact) mass is 181 g/mol. The van der Waals surface area contributed by atoms with Gasteiger partial charge in [0.1, 0.15) is 5.75 Å². The molecular formula is C10H15NO2. The highest BCUT2D eigenvalue weighted by Crippen LogP contribution is 2.20. The summed E-state index contributed by atoms with van der Waals surface area (Å²) in [5.74, 6) is 0.231. The van der Waals surface area contributed by atoms with Crippen LogP contribution in [-0.4, -0.2) is 11.2 Å². The number of phenolic OH excluding ortho intramolecular Hbond substituents is 1. The van der Waals surface area contributed by atoms with E-state index in [2.05, 4.69) is 0 Å². The molecule has 0 amide bonds. The molecular weight excluding hydrogens is 166 g/mol. The molecule has 0 spiro atoms.